The number of carbonyl (C=O) groups excluding carboxylic acids is 2. The Balaban J connectivity index is 2.64. The number of likely N-dealkylation sites (N-methyl/N-ethyl adjacent to an activating group) is 2. The van der Waals surface area contributed by atoms with Crippen molar-refractivity contribution < 1.29 is 22.8 Å². The van der Waals surface area contributed by atoms with Crippen LogP contribution < -0.4 is 5.32 Å². The van der Waals surface area contributed by atoms with Crippen LogP contribution in [0.15, 0.2) is 24.3 Å². The maximum atomic E-state index is 13.0. The summed E-state index contributed by atoms with van der Waals surface area (Å²) >= 11 is 0. The summed E-state index contributed by atoms with van der Waals surface area (Å²) in [5, 5.41) is 2.75. The molecule has 0 unspecified atom stereocenters. The Labute approximate surface area is 152 Å². The SMILES string of the molecule is CN(CC(=O)N(C)CC(=O)NC(C)(C)C)Cc1ccccc1C(F)(F)F. The molecule has 1 rings (SSSR count). The van der Waals surface area contributed by atoms with Gasteiger partial charge in [0, 0.05) is 19.1 Å². The van der Waals surface area contributed by atoms with Crippen LogP contribution in [0.5, 0.6) is 0 Å². The number of halogens is 3. The zero-order chi connectivity index (χ0) is 20.1. The van der Waals surface area contributed by atoms with Gasteiger partial charge in [0.05, 0.1) is 18.7 Å². The first-order valence-electron chi connectivity index (χ1n) is 8.18. The zero-order valence-electron chi connectivity index (χ0n) is 15.8. The van der Waals surface area contributed by atoms with Crippen molar-refractivity contribution in [2.24, 2.45) is 0 Å². The minimum atomic E-state index is -4.44. The van der Waals surface area contributed by atoms with Gasteiger partial charge in [-0.25, -0.2) is 0 Å². The van der Waals surface area contributed by atoms with E-state index < -0.39 is 17.3 Å². The predicted octanol–water partition coefficient (Wildman–Crippen LogP) is 2.51. The van der Waals surface area contributed by atoms with Crippen LogP contribution in [0.2, 0.25) is 0 Å². The number of amides is 2. The molecular weight excluding hydrogens is 347 g/mol. The van der Waals surface area contributed by atoms with E-state index in [2.05, 4.69) is 5.32 Å². The number of nitrogens with one attached hydrogen (secondary N) is 1. The molecule has 0 fully saturated rings. The minimum Gasteiger partial charge on any atom is -0.350 e. The molecule has 1 N–H and O–H groups in total. The number of benzene rings is 1. The van der Waals surface area contributed by atoms with E-state index in [1.54, 1.807) is 7.05 Å². The molecule has 1 aromatic rings. The molecule has 0 saturated heterocycles. The van der Waals surface area contributed by atoms with E-state index in [4.69, 9.17) is 0 Å². The second-order valence-electron chi connectivity index (χ2n) is 7.38. The normalized spacial score (nSPS) is 12.2. The van der Waals surface area contributed by atoms with Crippen LogP contribution in [0.1, 0.15) is 31.9 Å². The lowest BCUT2D eigenvalue weighted by Gasteiger charge is -2.25. The summed E-state index contributed by atoms with van der Waals surface area (Å²) in [5.74, 6) is -0.639. The van der Waals surface area contributed by atoms with E-state index in [9.17, 15) is 22.8 Å². The van der Waals surface area contributed by atoms with Gasteiger partial charge >= 0.3 is 6.18 Å². The lowest BCUT2D eigenvalue weighted by molar-refractivity contribution is -0.138. The van der Waals surface area contributed by atoms with Crippen LogP contribution in [0.4, 0.5) is 13.2 Å². The summed E-state index contributed by atoms with van der Waals surface area (Å²) in [6.07, 6.45) is -4.44. The number of carbonyl (C=O) groups is 2. The number of hydrogen-bond acceptors (Lipinski definition) is 3. The number of rotatable bonds is 6. The Morgan fingerprint density at radius 3 is 2.15 bits per heavy atom. The largest absolute Gasteiger partial charge is 0.416 e. The van der Waals surface area contributed by atoms with Gasteiger partial charge in [0.2, 0.25) is 11.8 Å². The van der Waals surface area contributed by atoms with Gasteiger partial charge in [-0.05, 0) is 39.4 Å². The monoisotopic (exact) mass is 373 g/mol. The first-order chi connectivity index (χ1) is 11.8. The van der Waals surface area contributed by atoms with E-state index in [0.29, 0.717) is 0 Å². The van der Waals surface area contributed by atoms with Crippen molar-refractivity contribution in [3.05, 3.63) is 35.4 Å². The molecule has 5 nitrogen and oxygen atoms in total. The summed E-state index contributed by atoms with van der Waals surface area (Å²) < 4.78 is 39.1. The molecule has 2 amide bonds. The van der Waals surface area contributed by atoms with E-state index in [1.165, 1.54) is 35.0 Å². The van der Waals surface area contributed by atoms with Crippen molar-refractivity contribution in [3.63, 3.8) is 0 Å². The second-order valence-corrected chi connectivity index (χ2v) is 7.38. The Bertz CT molecular complexity index is 639. The fraction of sp³-hybridized carbons (Fsp3) is 0.556. The summed E-state index contributed by atoms with van der Waals surface area (Å²) in [7, 11) is 3.05. The molecule has 0 aromatic heterocycles. The highest BCUT2D eigenvalue weighted by molar-refractivity contribution is 5.85. The summed E-state index contributed by atoms with van der Waals surface area (Å²) in [5.41, 5.74) is -1.01. The summed E-state index contributed by atoms with van der Waals surface area (Å²) in [6, 6.07) is 5.28. The molecule has 1 aromatic carbocycles. The molecule has 0 aliphatic rings. The van der Waals surface area contributed by atoms with Crippen LogP contribution in [-0.4, -0.2) is 54.3 Å². The highest BCUT2D eigenvalue weighted by atomic mass is 19.4. The number of nitrogens with zero attached hydrogens (tertiary/aromatic N) is 2. The first kappa shape index (κ1) is 22.0. The molecule has 0 spiro atoms. The van der Waals surface area contributed by atoms with Crippen molar-refractivity contribution in [2.45, 2.75) is 39.0 Å². The van der Waals surface area contributed by atoms with Crippen molar-refractivity contribution in [1.29, 1.82) is 0 Å². The molecule has 0 saturated carbocycles. The van der Waals surface area contributed by atoms with Crippen molar-refractivity contribution in [1.82, 2.24) is 15.1 Å². The fourth-order valence-electron chi connectivity index (χ4n) is 2.39. The van der Waals surface area contributed by atoms with Crippen LogP contribution in [-0.2, 0) is 22.3 Å². The summed E-state index contributed by atoms with van der Waals surface area (Å²) in [6.45, 7) is 5.27. The lowest BCUT2D eigenvalue weighted by atomic mass is 10.1. The zero-order valence-corrected chi connectivity index (χ0v) is 15.8. The number of alkyl halides is 3. The molecule has 0 aliphatic carbocycles. The molecule has 0 bridgehead atoms. The highest BCUT2D eigenvalue weighted by Gasteiger charge is 2.33. The Kier molecular flexibility index (Phi) is 7.20. The fourth-order valence-corrected chi connectivity index (χ4v) is 2.39. The molecule has 0 heterocycles. The van der Waals surface area contributed by atoms with Crippen LogP contribution >= 0.6 is 0 Å². The van der Waals surface area contributed by atoms with Crippen LogP contribution in [0.3, 0.4) is 0 Å². The number of hydrogen-bond donors (Lipinski definition) is 1. The molecule has 146 valence electrons. The van der Waals surface area contributed by atoms with Gasteiger partial charge in [0.1, 0.15) is 0 Å². The maximum Gasteiger partial charge on any atom is 0.416 e. The third kappa shape index (κ3) is 7.43. The van der Waals surface area contributed by atoms with Gasteiger partial charge < -0.3 is 10.2 Å². The molecule has 0 radical (unpaired) electrons. The molecule has 26 heavy (non-hydrogen) atoms. The van der Waals surface area contributed by atoms with Gasteiger partial charge in [-0.2, -0.15) is 13.2 Å². The van der Waals surface area contributed by atoms with Gasteiger partial charge in [0.15, 0.2) is 0 Å². The van der Waals surface area contributed by atoms with Crippen molar-refractivity contribution in [2.75, 3.05) is 27.2 Å². The Morgan fingerprint density at radius 1 is 1.04 bits per heavy atom. The van der Waals surface area contributed by atoms with Crippen LogP contribution in [0, 0.1) is 0 Å². The average molecular weight is 373 g/mol. The summed E-state index contributed by atoms with van der Waals surface area (Å²) in [4.78, 5) is 26.8. The smallest absolute Gasteiger partial charge is 0.350 e. The van der Waals surface area contributed by atoms with Crippen molar-refractivity contribution >= 4 is 11.8 Å². The molecule has 8 heteroatoms. The lowest BCUT2D eigenvalue weighted by Crippen LogP contribution is -2.47. The Hall–Kier alpha value is -2.09. The predicted molar refractivity (Wildman–Crippen MR) is 93.3 cm³/mol. The molecule has 0 aliphatic heterocycles. The highest BCUT2D eigenvalue weighted by Crippen LogP contribution is 2.32. The quantitative estimate of drug-likeness (QED) is 0.834. The minimum absolute atomic E-state index is 0.0244. The van der Waals surface area contributed by atoms with Gasteiger partial charge in [0.25, 0.3) is 0 Å². The topological polar surface area (TPSA) is 52.7 Å². The molecule has 0 atom stereocenters. The van der Waals surface area contributed by atoms with E-state index >= 15 is 0 Å². The van der Waals surface area contributed by atoms with Gasteiger partial charge in [-0.15, -0.1) is 0 Å². The van der Waals surface area contributed by atoms with E-state index in [0.717, 1.165) is 6.07 Å². The van der Waals surface area contributed by atoms with Gasteiger partial charge in [-0.3, -0.25) is 14.5 Å². The first-order valence-corrected chi connectivity index (χ1v) is 8.18. The van der Waals surface area contributed by atoms with Gasteiger partial charge in [-0.1, -0.05) is 18.2 Å². The third-order valence-corrected chi connectivity index (χ3v) is 3.49. The van der Waals surface area contributed by atoms with Crippen molar-refractivity contribution in [3.8, 4) is 0 Å². The maximum absolute atomic E-state index is 13.0. The van der Waals surface area contributed by atoms with E-state index in [-0.39, 0.29) is 37.0 Å². The van der Waals surface area contributed by atoms with Crippen LogP contribution in [0.25, 0.3) is 0 Å². The van der Waals surface area contributed by atoms with E-state index in [1.807, 2.05) is 20.8 Å². The Morgan fingerprint density at radius 2 is 1.62 bits per heavy atom. The third-order valence-electron chi connectivity index (χ3n) is 3.49. The second kappa shape index (κ2) is 8.53. The molecular formula is C18H26F3N3O2. The standard InChI is InChI=1S/C18H26F3N3O2/c1-17(2,3)22-15(25)11-24(5)16(26)12-23(4)10-13-8-6-7-9-14(13)18(19,20)21/h6-9H,10-12H2,1-5H3,(H,22,25). The average Bonchev–Trinajstić information content (AvgIpc) is 2.44.